The van der Waals surface area contributed by atoms with Crippen molar-refractivity contribution in [1.29, 1.82) is 0 Å². The quantitative estimate of drug-likeness (QED) is 0.675. The molecule has 23 heavy (non-hydrogen) atoms. The molecule has 0 aliphatic carbocycles. The molecule has 3 rings (SSSR count). The third-order valence-corrected chi connectivity index (χ3v) is 2.96. The van der Waals surface area contributed by atoms with Crippen LogP contribution in [-0.4, -0.2) is 32.8 Å². The third-order valence-electron chi connectivity index (χ3n) is 2.96. The van der Waals surface area contributed by atoms with Crippen LogP contribution in [0, 0.1) is 0 Å². The second-order valence-corrected chi connectivity index (χ2v) is 4.53. The fourth-order valence-corrected chi connectivity index (χ4v) is 1.93. The normalized spacial score (nSPS) is 10.5. The summed E-state index contributed by atoms with van der Waals surface area (Å²) in [7, 11) is 1.29. The molecule has 0 spiro atoms. The fraction of sp³-hybridized carbons (Fsp3) is 0.143. The molecule has 0 aromatic carbocycles. The lowest BCUT2D eigenvalue weighted by Gasteiger charge is -2.07. The molecular formula is C14H14N6O3. The molecule has 0 radical (unpaired) electrons. The number of aromatic nitrogens is 4. The minimum atomic E-state index is -0.525. The topological polar surface area (TPSA) is 121 Å². The molecule has 0 aliphatic heterocycles. The van der Waals surface area contributed by atoms with Crippen molar-refractivity contribution in [3.05, 3.63) is 48.2 Å². The van der Waals surface area contributed by atoms with E-state index in [2.05, 4.69) is 25.1 Å². The van der Waals surface area contributed by atoms with Gasteiger partial charge in [0.15, 0.2) is 5.82 Å². The Labute approximate surface area is 131 Å². The smallest absolute Gasteiger partial charge is 0.373 e. The lowest BCUT2D eigenvalue weighted by Crippen LogP contribution is -2.08. The van der Waals surface area contributed by atoms with Crippen molar-refractivity contribution < 1.29 is 13.9 Å². The van der Waals surface area contributed by atoms with Crippen LogP contribution in [0.1, 0.15) is 16.3 Å². The average molecular weight is 314 g/mol. The van der Waals surface area contributed by atoms with Gasteiger partial charge in [0, 0.05) is 18.5 Å². The van der Waals surface area contributed by atoms with Crippen LogP contribution in [0.3, 0.4) is 0 Å². The standard InChI is InChI=1S/C14H14N6O3/c1-22-13(21)10-4-3-9(23-10)8-16-11-7-12(19-14(15)18-11)20-6-2-5-17-20/h2-7H,8H2,1H3,(H3,15,16,18,19). The molecule has 3 aromatic rings. The first-order chi connectivity index (χ1) is 11.2. The number of rotatable bonds is 5. The highest BCUT2D eigenvalue weighted by atomic mass is 16.5. The van der Waals surface area contributed by atoms with Crippen LogP contribution in [0.5, 0.6) is 0 Å². The summed E-state index contributed by atoms with van der Waals surface area (Å²) in [5.74, 6) is 1.35. The van der Waals surface area contributed by atoms with Gasteiger partial charge in [0.05, 0.1) is 13.7 Å². The SMILES string of the molecule is COC(=O)c1ccc(CNc2cc(-n3cccn3)nc(N)n2)o1. The highest BCUT2D eigenvalue weighted by Crippen LogP contribution is 2.14. The highest BCUT2D eigenvalue weighted by Gasteiger charge is 2.11. The molecule has 0 saturated carbocycles. The number of nitrogens with one attached hydrogen (secondary N) is 1. The lowest BCUT2D eigenvalue weighted by molar-refractivity contribution is 0.0563. The Morgan fingerprint density at radius 3 is 3.04 bits per heavy atom. The number of methoxy groups -OCH3 is 1. The number of ether oxygens (including phenoxy) is 1. The van der Waals surface area contributed by atoms with Crippen molar-refractivity contribution in [1.82, 2.24) is 19.7 Å². The summed E-state index contributed by atoms with van der Waals surface area (Å²) in [6, 6.07) is 6.71. The minimum absolute atomic E-state index is 0.121. The number of hydrogen-bond donors (Lipinski definition) is 2. The molecule has 0 atom stereocenters. The van der Waals surface area contributed by atoms with Crippen LogP contribution in [0.15, 0.2) is 41.1 Å². The Hall–Kier alpha value is -3.36. The summed E-state index contributed by atoms with van der Waals surface area (Å²) in [4.78, 5) is 19.5. The van der Waals surface area contributed by atoms with Gasteiger partial charge in [0.2, 0.25) is 11.7 Å². The van der Waals surface area contributed by atoms with Crippen molar-refractivity contribution in [2.75, 3.05) is 18.2 Å². The van der Waals surface area contributed by atoms with E-state index >= 15 is 0 Å². The largest absolute Gasteiger partial charge is 0.463 e. The van der Waals surface area contributed by atoms with Crippen molar-refractivity contribution >= 4 is 17.7 Å². The van der Waals surface area contributed by atoms with E-state index in [1.165, 1.54) is 7.11 Å². The minimum Gasteiger partial charge on any atom is -0.463 e. The first-order valence-electron chi connectivity index (χ1n) is 6.71. The van der Waals surface area contributed by atoms with Gasteiger partial charge in [-0.15, -0.1) is 0 Å². The molecule has 0 amide bonds. The molecule has 0 fully saturated rings. The van der Waals surface area contributed by atoms with Crippen LogP contribution in [0.4, 0.5) is 11.8 Å². The summed E-state index contributed by atoms with van der Waals surface area (Å²) in [6.07, 6.45) is 3.39. The van der Waals surface area contributed by atoms with Gasteiger partial charge < -0.3 is 20.2 Å². The Kier molecular flexibility index (Phi) is 3.91. The molecule has 0 aliphatic rings. The Balaban J connectivity index is 1.73. The Morgan fingerprint density at radius 2 is 2.30 bits per heavy atom. The molecule has 3 heterocycles. The number of nitrogen functional groups attached to an aromatic ring is 1. The van der Waals surface area contributed by atoms with E-state index in [1.807, 2.05) is 0 Å². The average Bonchev–Trinajstić information content (AvgIpc) is 3.23. The summed E-state index contributed by atoms with van der Waals surface area (Å²) in [5.41, 5.74) is 5.71. The van der Waals surface area contributed by atoms with Gasteiger partial charge in [-0.3, -0.25) is 0 Å². The molecule has 0 saturated heterocycles. The molecule has 9 heteroatoms. The first-order valence-corrected chi connectivity index (χ1v) is 6.71. The molecule has 118 valence electrons. The van der Waals surface area contributed by atoms with Gasteiger partial charge >= 0.3 is 5.97 Å². The molecule has 3 N–H and O–H groups in total. The lowest BCUT2D eigenvalue weighted by atomic mass is 10.4. The third kappa shape index (κ3) is 3.28. The maximum absolute atomic E-state index is 11.3. The second kappa shape index (κ2) is 6.18. The van der Waals surface area contributed by atoms with Crippen LogP contribution >= 0.6 is 0 Å². The number of hydrogen-bond acceptors (Lipinski definition) is 8. The molecular weight excluding hydrogens is 300 g/mol. The van der Waals surface area contributed by atoms with E-state index in [0.717, 1.165) is 0 Å². The van der Waals surface area contributed by atoms with Gasteiger partial charge in [-0.25, -0.2) is 9.48 Å². The number of nitrogens with two attached hydrogens (primary N) is 1. The summed E-state index contributed by atoms with van der Waals surface area (Å²) >= 11 is 0. The predicted molar refractivity (Wildman–Crippen MR) is 80.9 cm³/mol. The van der Waals surface area contributed by atoms with E-state index in [0.29, 0.717) is 23.9 Å². The van der Waals surface area contributed by atoms with Crippen molar-refractivity contribution in [2.24, 2.45) is 0 Å². The van der Waals surface area contributed by atoms with Gasteiger partial charge in [-0.2, -0.15) is 15.1 Å². The number of anilines is 2. The maximum atomic E-state index is 11.3. The van der Waals surface area contributed by atoms with E-state index in [4.69, 9.17) is 10.2 Å². The maximum Gasteiger partial charge on any atom is 0.373 e. The zero-order chi connectivity index (χ0) is 16.2. The molecule has 0 bridgehead atoms. The monoisotopic (exact) mass is 314 g/mol. The predicted octanol–water partition coefficient (Wildman–Crippen LogP) is 1.24. The van der Waals surface area contributed by atoms with Crippen LogP contribution in [0.25, 0.3) is 5.82 Å². The Bertz CT molecular complexity index is 812. The van der Waals surface area contributed by atoms with Crippen LogP contribution < -0.4 is 11.1 Å². The molecule has 0 unspecified atom stereocenters. The van der Waals surface area contributed by atoms with Gasteiger partial charge in [0.1, 0.15) is 11.6 Å². The van der Waals surface area contributed by atoms with Crippen LogP contribution in [0.2, 0.25) is 0 Å². The highest BCUT2D eigenvalue weighted by molar-refractivity contribution is 5.86. The van der Waals surface area contributed by atoms with Crippen molar-refractivity contribution in [3.8, 4) is 5.82 Å². The first kappa shape index (κ1) is 14.6. The van der Waals surface area contributed by atoms with Gasteiger partial charge in [0.25, 0.3) is 0 Å². The second-order valence-electron chi connectivity index (χ2n) is 4.53. The van der Waals surface area contributed by atoms with Gasteiger partial charge in [-0.05, 0) is 18.2 Å². The van der Waals surface area contributed by atoms with Crippen molar-refractivity contribution in [3.63, 3.8) is 0 Å². The zero-order valence-electron chi connectivity index (χ0n) is 12.3. The Morgan fingerprint density at radius 1 is 1.43 bits per heavy atom. The molecule has 9 nitrogen and oxygen atoms in total. The van der Waals surface area contributed by atoms with E-state index < -0.39 is 5.97 Å². The summed E-state index contributed by atoms with van der Waals surface area (Å²) < 4.78 is 11.5. The van der Waals surface area contributed by atoms with Crippen molar-refractivity contribution in [2.45, 2.75) is 6.54 Å². The summed E-state index contributed by atoms with van der Waals surface area (Å²) in [6.45, 7) is 0.325. The molecule has 3 aromatic heterocycles. The fourth-order valence-electron chi connectivity index (χ4n) is 1.93. The van der Waals surface area contributed by atoms with Crippen LogP contribution in [-0.2, 0) is 11.3 Å². The van der Waals surface area contributed by atoms with Gasteiger partial charge in [-0.1, -0.05) is 0 Å². The van der Waals surface area contributed by atoms with E-state index in [1.54, 1.807) is 41.3 Å². The number of furan rings is 1. The zero-order valence-corrected chi connectivity index (χ0v) is 12.3. The number of esters is 1. The number of nitrogens with zero attached hydrogens (tertiary/aromatic N) is 4. The number of carbonyl (C=O) groups excluding carboxylic acids is 1. The van der Waals surface area contributed by atoms with E-state index in [9.17, 15) is 4.79 Å². The number of carbonyl (C=O) groups is 1. The van der Waals surface area contributed by atoms with E-state index in [-0.39, 0.29) is 11.7 Å². The summed E-state index contributed by atoms with van der Waals surface area (Å²) in [5, 5.41) is 7.15.